The summed E-state index contributed by atoms with van der Waals surface area (Å²) < 4.78 is 0.994. The van der Waals surface area contributed by atoms with Crippen LogP contribution in [0.5, 0.6) is 0 Å². The summed E-state index contributed by atoms with van der Waals surface area (Å²) in [4.78, 5) is 32.3. The van der Waals surface area contributed by atoms with Crippen LogP contribution in [-0.4, -0.2) is 20.9 Å². The van der Waals surface area contributed by atoms with Crippen LogP contribution in [0.2, 0.25) is 0 Å². The highest BCUT2D eigenvalue weighted by Crippen LogP contribution is 1.86. The van der Waals surface area contributed by atoms with Crippen molar-refractivity contribution in [2.75, 3.05) is 0 Å². The molecule has 0 bridgehead atoms. The molecular formula is C7H8N2O4. The molecule has 0 aliphatic carbocycles. The van der Waals surface area contributed by atoms with E-state index in [1.54, 1.807) is 0 Å². The maximum absolute atomic E-state index is 11.0. The molecular weight excluding hydrogens is 176 g/mol. The molecule has 70 valence electrons. The second-order valence-corrected chi connectivity index (χ2v) is 2.58. The van der Waals surface area contributed by atoms with Gasteiger partial charge in [-0.05, 0) is 0 Å². The third-order valence-electron chi connectivity index (χ3n) is 1.53. The standard InChI is InChI=1S/C7H8N2O4/c1-9-5(10)2-4(3-6(11)12)7(13)8-9/h2H,3H2,1H3,(H,8,13)(H,11,12). The van der Waals surface area contributed by atoms with Gasteiger partial charge in [-0.15, -0.1) is 0 Å². The van der Waals surface area contributed by atoms with Gasteiger partial charge in [0.1, 0.15) is 0 Å². The number of carboxylic acids is 1. The van der Waals surface area contributed by atoms with Crippen LogP contribution in [0.25, 0.3) is 0 Å². The first-order valence-corrected chi connectivity index (χ1v) is 3.51. The maximum Gasteiger partial charge on any atom is 0.308 e. The van der Waals surface area contributed by atoms with Crippen LogP contribution in [-0.2, 0) is 18.3 Å². The molecule has 2 N–H and O–H groups in total. The molecule has 0 saturated carbocycles. The summed E-state index contributed by atoms with van der Waals surface area (Å²) in [6.07, 6.45) is -0.439. The van der Waals surface area contributed by atoms with Crippen LogP contribution in [0.1, 0.15) is 5.56 Å². The van der Waals surface area contributed by atoms with E-state index in [1.807, 2.05) is 0 Å². The topological polar surface area (TPSA) is 92.2 Å². The molecule has 0 fully saturated rings. The van der Waals surface area contributed by atoms with Crippen LogP contribution >= 0.6 is 0 Å². The fourth-order valence-electron chi connectivity index (χ4n) is 0.885. The molecule has 0 radical (unpaired) electrons. The molecule has 1 rings (SSSR count). The number of rotatable bonds is 2. The van der Waals surface area contributed by atoms with Crippen molar-refractivity contribution < 1.29 is 9.90 Å². The Bertz CT molecular complexity index is 443. The molecule has 0 atom stereocenters. The number of aryl methyl sites for hydroxylation is 1. The number of hydrogen-bond acceptors (Lipinski definition) is 3. The zero-order valence-corrected chi connectivity index (χ0v) is 6.90. The molecule has 0 unspecified atom stereocenters. The van der Waals surface area contributed by atoms with E-state index in [0.29, 0.717) is 0 Å². The molecule has 13 heavy (non-hydrogen) atoms. The van der Waals surface area contributed by atoms with E-state index in [1.165, 1.54) is 7.05 Å². The highest BCUT2D eigenvalue weighted by Gasteiger charge is 2.06. The van der Waals surface area contributed by atoms with Gasteiger partial charge in [0.25, 0.3) is 11.1 Å². The van der Waals surface area contributed by atoms with Crippen molar-refractivity contribution in [3.05, 3.63) is 32.3 Å². The number of aromatic amines is 1. The first-order chi connectivity index (χ1) is 6.00. The molecule has 0 saturated heterocycles. The van der Waals surface area contributed by atoms with Crippen LogP contribution in [0.15, 0.2) is 15.7 Å². The lowest BCUT2D eigenvalue weighted by atomic mass is 10.2. The summed E-state index contributed by atoms with van der Waals surface area (Å²) >= 11 is 0. The molecule has 1 aromatic rings. The van der Waals surface area contributed by atoms with E-state index in [9.17, 15) is 14.4 Å². The minimum Gasteiger partial charge on any atom is -0.481 e. The van der Waals surface area contributed by atoms with E-state index >= 15 is 0 Å². The number of hydrogen-bond donors (Lipinski definition) is 2. The minimum absolute atomic E-state index is 0.0319. The molecule has 1 aromatic heterocycles. The van der Waals surface area contributed by atoms with Crippen molar-refractivity contribution in [2.24, 2.45) is 7.05 Å². The number of nitrogens with one attached hydrogen (secondary N) is 1. The van der Waals surface area contributed by atoms with Crippen LogP contribution in [0.3, 0.4) is 0 Å². The second kappa shape index (κ2) is 3.26. The van der Waals surface area contributed by atoms with Crippen LogP contribution < -0.4 is 11.1 Å². The number of nitrogens with zero attached hydrogens (tertiary/aromatic N) is 1. The van der Waals surface area contributed by atoms with Gasteiger partial charge < -0.3 is 5.11 Å². The summed E-state index contributed by atoms with van der Waals surface area (Å²) in [5.41, 5.74) is -1.02. The molecule has 0 aromatic carbocycles. The molecule has 0 amide bonds. The van der Waals surface area contributed by atoms with Gasteiger partial charge >= 0.3 is 5.97 Å². The highest BCUT2D eigenvalue weighted by atomic mass is 16.4. The number of H-pyrrole nitrogens is 1. The predicted molar refractivity (Wildman–Crippen MR) is 43.6 cm³/mol. The first kappa shape index (κ1) is 9.24. The highest BCUT2D eigenvalue weighted by molar-refractivity contribution is 5.69. The largest absolute Gasteiger partial charge is 0.481 e. The van der Waals surface area contributed by atoms with Gasteiger partial charge in [-0.1, -0.05) is 0 Å². The quantitative estimate of drug-likeness (QED) is 0.597. The Morgan fingerprint density at radius 1 is 1.62 bits per heavy atom. The van der Waals surface area contributed by atoms with Crippen LogP contribution in [0.4, 0.5) is 0 Å². The molecule has 0 aliphatic heterocycles. The fraction of sp³-hybridized carbons (Fsp3) is 0.286. The lowest BCUT2D eigenvalue weighted by Gasteiger charge is -1.98. The summed E-state index contributed by atoms with van der Waals surface area (Å²) in [5, 5.41) is 10.6. The number of carbonyl (C=O) groups is 1. The Kier molecular flexibility index (Phi) is 2.32. The van der Waals surface area contributed by atoms with Crippen molar-refractivity contribution in [1.82, 2.24) is 9.78 Å². The summed E-state index contributed by atoms with van der Waals surface area (Å²) in [6, 6.07) is 1.02. The Balaban J connectivity index is 3.24. The zero-order chi connectivity index (χ0) is 10.0. The Hall–Kier alpha value is -1.85. The van der Waals surface area contributed by atoms with Crippen molar-refractivity contribution in [2.45, 2.75) is 6.42 Å². The van der Waals surface area contributed by atoms with Crippen molar-refractivity contribution in [1.29, 1.82) is 0 Å². The summed E-state index contributed by atoms with van der Waals surface area (Å²) in [6.45, 7) is 0. The first-order valence-electron chi connectivity index (χ1n) is 3.51. The van der Waals surface area contributed by atoms with Gasteiger partial charge in [-0.2, -0.15) is 0 Å². The van der Waals surface area contributed by atoms with Crippen LogP contribution in [0, 0.1) is 0 Å². The minimum atomic E-state index is -1.14. The van der Waals surface area contributed by atoms with E-state index in [0.717, 1.165) is 10.7 Å². The smallest absolute Gasteiger partial charge is 0.308 e. The fourth-order valence-corrected chi connectivity index (χ4v) is 0.885. The van der Waals surface area contributed by atoms with E-state index in [-0.39, 0.29) is 5.56 Å². The van der Waals surface area contributed by atoms with Crippen molar-refractivity contribution >= 4 is 5.97 Å². The SMILES string of the molecule is Cn1[nH]c(=O)c(CC(=O)O)cc1=O. The lowest BCUT2D eigenvalue weighted by molar-refractivity contribution is -0.136. The second-order valence-electron chi connectivity index (χ2n) is 2.58. The Morgan fingerprint density at radius 2 is 2.23 bits per heavy atom. The molecule has 6 nitrogen and oxygen atoms in total. The third-order valence-corrected chi connectivity index (χ3v) is 1.53. The van der Waals surface area contributed by atoms with Gasteiger partial charge in [-0.25, -0.2) is 0 Å². The van der Waals surface area contributed by atoms with Gasteiger partial charge in [-0.3, -0.25) is 24.2 Å². The molecule has 0 aliphatic rings. The van der Waals surface area contributed by atoms with Crippen molar-refractivity contribution in [3.8, 4) is 0 Å². The van der Waals surface area contributed by atoms with Gasteiger partial charge in [0.2, 0.25) is 0 Å². The van der Waals surface area contributed by atoms with E-state index in [4.69, 9.17) is 5.11 Å². The average molecular weight is 184 g/mol. The lowest BCUT2D eigenvalue weighted by Crippen LogP contribution is -2.29. The number of carboxylic acid groups (broad SMARTS) is 1. The van der Waals surface area contributed by atoms with E-state index < -0.39 is 23.5 Å². The Labute approximate surface area is 72.4 Å². The molecule has 0 spiro atoms. The maximum atomic E-state index is 11.0. The number of aromatic nitrogens is 2. The van der Waals surface area contributed by atoms with Gasteiger partial charge in [0.15, 0.2) is 0 Å². The molecule has 1 heterocycles. The average Bonchev–Trinajstić information content (AvgIpc) is 1.99. The number of aliphatic carboxylic acids is 1. The monoisotopic (exact) mass is 184 g/mol. The van der Waals surface area contributed by atoms with Gasteiger partial charge in [0.05, 0.1) is 6.42 Å². The molecule has 6 heteroatoms. The third kappa shape index (κ3) is 2.05. The predicted octanol–water partition coefficient (Wildman–Crippen LogP) is -1.30. The zero-order valence-electron chi connectivity index (χ0n) is 6.90. The van der Waals surface area contributed by atoms with Crippen molar-refractivity contribution in [3.63, 3.8) is 0 Å². The van der Waals surface area contributed by atoms with Gasteiger partial charge in [0, 0.05) is 18.7 Å². The van der Waals surface area contributed by atoms with E-state index in [2.05, 4.69) is 5.10 Å². The summed E-state index contributed by atoms with van der Waals surface area (Å²) in [5.74, 6) is -1.14. The normalized spacial score (nSPS) is 9.92. The summed E-state index contributed by atoms with van der Waals surface area (Å²) in [7, 11) is 1.38. The Morgan fingerprint density at radius 3 is 2.77 bits per heavy atom.